The first-order chi connectivity index (χ1) is 9.88. The van der Waals surface area contributed by atoms with Gasteiger partial charge in [-0.15, -0.1) is 0 Å². The number of anilines is 3. The van der Waals surface area contributed by atoms with E-state index < -0.39 is 10.2 Å². The maximum Gasteiger partial charge on any atom is 0.302 e. The Morgan fingerprint density at radius 2 is 1.86 bits per heavy atom. The van der Waals surface area contributed by atoms with Crippen LogP contribution in [0.2, 0.25) is 0 Å². The van der Waals surface area contributed by atoms with Crippen LogP contribution in [-0.2, 0) is 10.2 Å². The summed E-state index contributed by atoms with van der Waals surface area (Å²) in [4.78, 5) is 4.08. The molecule has 0 aliphatic heterocycles. The molecule has 112 valence electrons. The van der Waals surface area contributed by atoms with Crippen LogP contribution in [0.5, 0.6) is 0 Å². The predicted octanol–water partition coefficient (Wildman–Crippen LogP) is 2.81. The summed E-state index contributed by atoms with van der Waals surface area (Å²) in [5.41, 5.74) is 1.66. The number of aromatic nitrogens is 1. The van der Waals surface area contributed by atoms with Gasteiger partial charge in [-0.05, 0) is 40.2 Å². The minimum atomic E-state index is -3.54. The van der Waals surface area contributed by atoms with E-state index in [1.54, 1.807) is 18.3 Å². The number of pyridine rings is 1. The van der Waals surface area contributed by atoms with Gasteiger partial charge >= 0.3 is 10.2 Å². The van der Waals surface area contributed by atoms with E-state index in [1.807, 2.05) is 24.3 Å². The lowest BCUT2D eigenvalue weighted by Gasteiger charge is -2.13. The molecular formula is C13H15BrN4O2S. The van der Waals surface area contributed by atoms with Gasteiger partial charge in [0.05, 0.1) is 17.6 Å². The number of nitrogens with zero attached hydrogens (tertiary/aromatic N) is 2. The summed E-state index contributed by atoms with van der Waals surface area (Å²) in [6, 6.07) is 11.0. The van der Waals surface area contributed by atoms with Crippen LogP contribution in [-0.4, -0.2) is 31.8 Å². The molecule has 0 spiro atoms. The lowest BCUT2D eigenvalue weighted by atomic mass is 10.3. The molecule has 1 aromatic heterocycles. The van der Waals surface area contributed by atoms with Crippen LogP contribution in [0, 0.1) is 0 Å². The van der Waals surface area contributed by atoms with Crippen molar-refractivity contribution in [1.29, 1.82) is 0 Å². The van der Waals surface area contributed by atoms with Gasteiger partial charge in [-0.25, -0.2) is 4.98 Å². The normalized spacial score (nSPS) is 11.4. The minimum absolute atomic E-state index is 0.265. The van der Waals surface area contributed by atoms with Crippen molar-refractivity contribution < 1.29 is 8.42 Å². The molecule has 0 bridgehead atoms. The monoisotopic (exact) mass is 370 g/mol. The zero-order chi connectivity index (χ0) is 15.5. The molecule has 0 unspecified atom stereocenters. The second-order valence-corrected chi connectivity index (χ2v) is 7.17. The number of halogens is 1. The molecule has 2 N–H and O–H groups in total. The van der Waals surface area contributed by atoms with Gasteiger partial charge in [0.2, 0.25) is 0 Å². The van der Waals surface area contributed by atoms with E-state index in [0.717, 1.165) is 20.2 Å². The maximum atomic E-state index is 11.7. The number of hydrogen-bond acceptors (Lipinski definition) is 4. The number of para-hydroxylation sites is 1. The molecule has 8 heteroatoms. The summed E-state index contributed by atoms with van der Waals surface area (Å²) >= 11 is 3.44. The molecule has 0 aliphatic carbocycles. The zero-order valence-corrected chi connectivity index (χ0v) is 13.9. The van der Waals surface area contributed by atoms with Crippen LogP contribution in [0.3, 0.4) is 0 Å². The second-order valence-electron chi connectivity index (χ2n) is 4.43. The highest BCUT2D eigenvalue weighted by molar-refractivity contribution is 9.10. The molecule has 2 rings (SSSR count). The molecule has 1 aromatic carbocycles. The summed E-state index contributed by atoms with van der Waals surface area (Å²) in [5.74, 6) is 0.265. The van der Waals surface area contributed by atoms with E-state index in [1.165, 1.54) is 14.1 Å². The van der Waals surface area contributed by atoms with Crippen LogP contribution >= 0.6 is 15.9 Å². The summed E-state index contributed by atoms with van der Waals surface area (Å²) in [7, 11) is -0.638. The molecule has 0 aliphatic rings. The molecule has 21 heavy (non-hydrogen) atoms. The van der Waals surface area contributed by atoms with Crippen molar-refractivity contribution >= 4 is 43.3 Å². The third kappa shape index (κ3) is 4.16. The van der Waals surface area contributed by atoms with Crippen molar-refractivity contribution in [2.24, 2.45) is 0 Å². The Labute approximate surface area is 132 Å². The van der Waals surface area contributed by atoms with Crippen molar-refractivity contribution in [3.63, 3.8) is 0 Å². The molecule has 0 radical (unpaired) electrons. The Balaban J connectivity index is 2.11. The molecule has 0 fully saturated rings. The van der Waals surface area contributed by atoms with Crippen molar-refractivity contribution in [2.75, 3.05) is 24.1 Å². The molecule has 0 saturated carbocycles. The Morgan fingerprint density at radius 1 is 1.14 bits per heavy atom. The SMILES string of the molecule is CN(C)S(=O)(=O)Nc1ccc(Nc2ccccc2Br)cn1. The van der Waals surface area contributed by atoms with Gasteiger partial charge in [-0.1, -0.05) is 12.1 Å². The maximum absolute atomic E-state index is 11.7. The van der Waals surface area contributed by atoms with Crippen molar-refractivity contribution in [3.8, 4) is 0 Å². The first-order valence-electron chi connectivity index (χ1n) is 6.06. The lowest BCUT2D eigenvalue weighted by Crippen LogP contribution is -2.29. The highest BCUT2D eigenvalue weighted by atomic mass is 79.9. The quantitative estimate of drug-likeness (QED) is 0.848. The topological polar surface area (TPSA) is 74.3 Å². The number of hydrogen-bond donors (Lipinski definition) is 2. The average molecular weight is 371 g/mol. The molecule has 0 saturated heterocycles. The third-order valence-electron chi connectivity index (χ3n) is 2.63. The Hall–Kier alpha value is -1.64. The van der Waals surface area contributed by atoms with E-state index >= 15 is 0 Å². The summed E-state index contributed by atoms with van der Waals surface area (Å²) in [6.45, 7) is 0. The van der Waals surface area contributed by atoms with E-state index in [2.05, 4.69) is 31.0 Å². The average Bonchev–Trinajstić information content (AvgIpc) is 2.43. The molecule has 0 amide bonds. The summed E-state index contributed by atoms with van der Waals surface area (Å²) < 4.78 is 27.7. The largest absolute Gasteiger partial charge is 0.353 e. The Bertz CT molecular complexity index is 717. The fraction of sp³-hybridized carbons (Fsp3) is 0.154. The van der Waals surface area contributed by atoms with Gasteiger partial charge in [0, 0.05) is 18.6 Å². The van der Waals surface area contributed by atoms with Gasteiger partial charge in [0.25, 0.3) is 0 Å². The molecular weight excluding hydrogens is 356 g/mol. The molecule has 0 atom stereocenters. The van der Waals surface area contributed by atoms with Crippen LogP contribution in [0.15, 0.2) is 47.1 Å². The van der Waals surface area contributed by atoms with Crippen molar-refractivity contribution in [1.82, 2.24) is 9.29 Å². The van der Waals surface area contributed by atoms with Crippen LogP contribution in [0.1, 0.15) is 0 Å². The van der Waals surface area contributed by atoms with Crippen LogP contribution in [0.4, 0.5) is 17.2 Å². The molecule has 2 aromatic rings. The van der Waals surface area contributed by atoms with Crippen LogP contribution < -0.4 is 10.0 Å². The van der Waals surface area contributed by atoms with Crippen molar-refractivity contribution in [2.45, 2.75) is 0 Å². The standard InChI is InChI=1S/C13H15BrN4O2S/c1-18(2)21(19,20)17-13-8-7-10(9-15-13)16-12-6-4-3-5-11(12)14/h3-9,16H,1-2H3,(H,15,17). The Kier molecular flexibility index (Phi) is 4.81. The Morgan fingerprint density at radius 3 is 2.43 bits per heavy atom. The third-order valence-corrected chi connectivity index (χ3v) is 4.75. The fourth-order valence-electron chi connectivity index (χ4n) is 1.47. The fourth-order valence-corrected chi connectivity index (χ4v) is 2.42. The molecule has 6 nitrogen and oxygen atoms in total. The zero-order valence-electron chi connectivity index (χ0n) is 11.5. The number of nitrogens with one attached hydrogen (secondary N) is 2. The first-order valence-corrected chi connectivity index (χ1v) is 8.30. The van der Waals surface area contributed by atoms with Crippen molar-refractivity contribution in [3.05, 3.63) is 47.1 Å². The summed E-state index contributed by atoms with van der Waals surface area (Å²) in [6.07, 6.45) is 1.56. The first kappa shape index (κ1) is 15.7. The highest BCUT2D eigenvalue weighted by Crippen LogP contribution is 2.25. The van der Waals surface area contributed by atoms with Crippen LogP contribution in [0.25, 0.3) is 0 Å². The van der Waals surface area contributed by atoms with Gasteiger partial charge in [0.1, 0.15) is 5.82 Å². The van der Waals surface area contributed by atoms with E-state index in [4.69, 9.17) is 0 Å². The molecule has 1 heterocycles. The van der Waals surface area contributed by atoms with Gasteiger partial charge < -0.3 is 5.32 Å². The second kappa shape index (κ2) is 6.42. The predicted molar refractivity (Wildman–Crippen MR) is 87.9 cm³/mol. The lowest BCUT2D eigenvalue weighted by molar-refractivity contribution is 0.526. The summed E-state index contributed by atoms with van der Waals surface area (Å²) in [5, 5.41) is 3.19. The van der Waals surface area contributed by atoms with E-state index in [9.17, 15) is 8.42 Å². The number of benzene rings is 1. The smallest absolute Gasteiger partial charge is 0.302 e. The number of rotatable bonds is 5. The highest BCUT2D eigenvalue weighted by Gasteiger charge is 2.13. The van der Waals surface area contributed by atoms with Gasteiger partial charge in [-0.2, -0.15) is 12.7 Å². The van der Waals surface area contributed by atoms with E-state index in [0.29, 0.717) is 0 Å². The van der Waals surface area contributed by atoms with Gasteiger partial charge in [-0.3, -0.25) is 4.72 Å². The van der Waals surface area contributed by atoms with Gasteiger partial charge in [0.15, 0.2) is 0 Å². The van der Waals surface area contributed by atoms with E-state index in [-0.39, 0.29) is 5.82 Å². The minimum Gasteiger partial charge on any atom is -0.353 e.